The summed E-state index contributed by atoms with van der Waals surface area (Å²) in [5.74, 6) is -0.711. The fourth-order valence-electron chi connectivity index (χ4n) is 3.99. The van der Waals surface area contributed by atoms with Gasteiger partial charge in [-0.1, -0.05) is 30.3 Å². The zero-order valence-electron chi connectivity index (χ0n) is 19.2. The lowest BCUT2D eigenvalue weighted by molar-refractivity contribution is -0.136. The van der Waals surface area contributed by atoms with Crippen LogP contribution in [0.1, 0.15) is 12.0 Å². The minimum atomic E-state index is -0.678. The van der Waals surface area contributed by atoms with Crippen molar-refractivity contribution in [2.75, 3.05) is 26.8 Å². The summed E-state index contributed by atoms with van der Waals surface area (Å²) in [5, 5.41) is 15.6. The first-order valence-electron chi connectivity index (χ1n) is 11.2. The lowest BCUT2D eigenvalue weighted by Crippen LogP contribution is -2.49. The number of nitrogens with one attached hydrogen (secondary N) is 2. The zero-order valence-corrected chi connectivity index (χ0v) is 19.2. The Morgan fingerprint density at radius 3 is 2.79 bits per heavy atom. The SMILES string of the molecule is CO[C@H]1CCNC[C@@H](C(=O)N[C@H](C#N)Cc2ccc(-c3ccc4oc(=O)n(C)c4c3)cc2)OC1. The summed E-state index contributed by atoms with van der Waals surface area (Å²) in [6.07, 6.45) is 0.450. The minimum absolute atomic E-state index is 0.0625. The number of ether oxygens (including phenoxy) is 2. The highest BCUT2D eigenvalue weighted by Crippen LogP contribution is 2.24. The number of amides is 1. The van der Waals surface area contributed by atoms with Crippen LogP contribution in [0, 0.1) is 11.3 Å². The molecule has 178 valence electrons. The average Bonchev–Trinajstić information content (AvgIpc) is 3.12. The number of oxazole rings is 1. The van der Waals surface area contributed by atoms with E-state index in [-0.39, 0.29) is 12.0 Å². The van der Waals surface area contributed by atoms with Crippen molar-refractivity contribution in [2.45, 2.75) is 31.1 Å². The zero-order chi connectivity index (χ0) is 24.1. The Kier molecular flexibility index (Phi) is 7.43. The molecule has 2 heterocycles. The van der Waals surface area contributed by atoms with Crippen molar-refractivity contribution in [1.82, 2.24) is 15.2 Å². The molecule has 1 aromatic heterocycles. The van der Waals surface area contributed by atoms with Gasteiger partial charge in [0.1, 0.15) is 12.1 Å². The molecule has 34 heavy (non-hydrogen) atoms. The van der Waals surface area contributed by atoms with Gasteiger partial charge in [-0.25, -0.2) is 4.79 Å². The third-order valence-electron chi connectivity index (χ3n) is 6.07. The number of nitriles is 1. The van der Waals surface area contributed by atoms with Crippen molar-refractivity contribution in [3.05, 3.63) is 58.6 Å². The Bertz CT molecular complexity index is 1240. The van der Waals surface area contributed by atoms with Crippen molar-refractivity contribution >= 4 is 17.0 Å². The van der Waals surface area contributed by atoms with Crippen LogP contribution in [0.25, 0.3) is 22.2 Å². The van der Waals surface area contributed by atoms with E-state index in [9.17, 15) is 14.9 Å². The van der Waals surface area contributed by atoms with Gasteiger partial charge in [0.2, 0.25) is 0 Å². The van der Waals surface area contributed by atoms with E-state index in [4.69, 9.17) is 13.9 Å². The van der Waals surface area contributed by atoms with Crippen LogP contribution in [0.2, 0.25) is 0 Å². The molecule has 1 amide bonds. The lowest BCUT2D eigenvalue weighted by atomic mass is 10.0. The predicted octanol–water partition coefficient (Wildman–Crippen LogP) is 1.74. The summed E-state index contributed by atoms with van der Waals surface area (Å²) in [4.78, 5) is 24.4. The van der Waals surface area contributed by atoms with Gasteiger partial charge in [0.15, 0.2) is 5.58 Å². The molecular formula is C25H28N4O5. The van der Waals surface area contributed by atoms with E-state index in [0.717, 1.165) is 35.2 Å². The normalized spacial score (nSPS) is 19.7. The summed E-state index contributed by atoms with van der Waals surface area (Å²) in [7, 11) is 3.30. The van der Waals surface area contributed by atoms with Crippen molar-refractivity contribution in [3.8, 4) is 17.2 Å². The second-order valence-corrected chi connectivity index (χ2v) is 8.37. The molecule has 1 saturated heterocycles. The van der Waals surface area contributed by atoms with E-state index in [0.29, 0.717) is 25.2 Å². The van der Waals surface area contributed by atoms with E-state index in [2.05, 4.69) is 16.7 Å². The molecule has 9 nitrogen and oxygen atoms in total. The van der Waals surface area contributed by atoms with Gasteiger partial charge in [-0.05, 0) is 41.8 Å². The maximum absolute atomic E-state index is 12.7. The Balaban J connectivity index is 1.40. The number of carbonyl (C=O) groups excluding carboxylic acids is 1. The fourth-order valence-corrected chi connectivity index (χ4v) is 3.99. The van der Waals surface area contributed by atoms with Crippen molar-refractivity contribution in [3.63, 3.8) is 0 Å². The smallest absolute Gasteiger partial charge is 0.408 e. The molecule has 1 fully saturated rings. The number of methoxy groups -OCH3 is 1. The number of aromatic nitrogens is 1. The van der Waals surface area contributed by atoms with E-state index < -0.39 is 17.9 Å². The van der Waals surface area contributed by atoms with Gasteiger partial charge in [0.25, 0.3) is 5.91 Å². The molecule has 0 radical (unpaired) electrons. The van der Waals surface area contributed by atoms with Crippen LogP contribution >= 0.6 is 0 Å². The molecule has 2 N–H and O–H groups in total. The highest BCUT2D eigenvalue weighted by Gasteiger charge is 2.25. The molecule has 1 aliphatic rings. The molecule has 0 saturated carbocycles. The Hall–Kier alpha value is -3.45. The number of aryl methyl sites for hydroxylation is 1. The first kappa shape index (κ1) is 23.7. The van der Waals surface area contributed by atoms with Crippen LogP contribution < -0.4 is 16.4 Å². The summed E-state index contributed by atoms with van der Waals surface area (Å²) >= 11 is 0. The van der Waals surface area contributed by atoms with Gasteiger partial charge in [-0.3, -0.25) is 9.36 Å². The standard InChI is InChI=1S/C25H28N4O5/c1-29-21-12-18(7-8-22(21)34-25(29)31)17-5-3-16(4-6-17)11-19(13-26)28-24(30)23-14-27-10-9-20(32-2)15-33-23/h3-8,12,19-20,23,27H,9-11,14-15H2,1-2H3,(H,28,30)/t19-,20-,23-/m0/s1. The van der Waals surface area contributed by atoms with Gasteiger partial charge in [0, 0.05) is 27.1 Å². The quantitative estimate of drug-likeness (QED) is 0.570. The lowest BCUT2D eigenvalue weighted by Gasteiger charge is -2.25. The van der Waals surface area contributed by atoms with Crippen molar-refractivity contribution in [1.29, 1.82) is 5.26 Å². The van der Waals surface area contributed by atoms with Gasteiger partial charge >= 0.3 is 5.76 Å². The Morgan fingerprint density at radius 2 is 2.06 bits per heavy atom. The monoisotopic (exact) mass is 464 g/mol. The number of rotatable bonds is 6. The average molecular weight is 465 g/mol. The number of carbonyl (C=O) groups is 1. The maximum Gasteiger partial charge on any atom is 0.419 e. The van der Waals surface area contributed by atoms with Crippen molar-refractivity contribution < 1.29 is 18.7 Å². The largest absolute Gasteiger partial charge is 0.419 e. The molecular weight excluding hydrogens is 436 g/mol. The third-order valence-corrected chi connectivity index (χ3v) is 6.07. The summed E-state index contributed by atoms with van der Waals surface area (Å²) < 4.78 is 17.7. The fraction of sp³-hybridized carbons (Fsp3) is 0.400. The van der Waals surface area contributed by atoms with Gasteiger partial charge in [0.05, 0.1) is 24.3 Å². The number of benzene rings is 2. The Labute approximate surface area is 197 Å². The maximum atomic E-state index is 12.7. The second-order valence-electron chi connectivity index (χ2n) is 8.37. The summed E-state index contributed by atoms with van der Waals surface area (Å²) in [6, 6.07) is 14.9. The van der Waals surface area contributed by atoms with Crippen molar-refractivity contribution in [2.24, 2.45) is 7.05 Å². The number of nitrogens with zero attached hydrogens (tertiary/aromatic N) is 2. The molecule has 0 aliphatic carbocycles. The molecule has 4 rings (SSSR count). The highest BCUT2D eigenvalue weighted by molar-refractivity contribution is 5.82. The van der Waals surface area contributed by atoms with E-state index >= 15 is 0 Å². The van der Waals surface area contributed by atoms with Crippen LogP contribution in [-0.4, -0.2) is 55.5 Å². The molecule has 3 atom stereocenters. The van der Waals surface area contributed by atoms with Crippen LogP contribution in [-0.2, 0) is 27.7 Å². The summed E-state index contributed by atoms with van der Waals surface area (Å²) in [5.41, 5.74) is 4.11. The third kappa shape index (κ3) is 5.37. The van der Waals surface area contributed by atoms with E-state index in [1.54, 1.807) is 20.2 Å². The summed E-state index contributed by atoms with van der Waals surface area (Å²) in [6.45, 7) is 1.47. The Morgan fingerprint density at radius 1 is 1.29 bits per heavy atom. The topological polar surface area (TPSA) is 119 Å². The van der Waals surface area contributed by atoms with Crippen LogP contribution in [0.15, 0.2) is 51.7 Å². The molecule has 0 unspecified atom stereocenters. The second kappa shape index (κ2) is 10.7. The minimum Gasteiger partial charge on any atom is -0.408 e. The molecule has 2 aromatic carbocycles. The first-order valence-corrected chi connectivity index (χ1v) is 11.2. The van der Waals surface area contributed by atoms with Crippen LogP contribution in [0.5, 0.6) is 0 Å². The van der Waals surface area contributed by atoms with Gasteiger partial charge in [-0.2, -0.15) is 5.26 Å². The molecule has 3 aromatic rings. The van der Waals surface area contributed by atoms with E-state index in [1.807, 2.05) is 36.4 Å². The number of fused-ring (bicyclic) bond motifs is 1. The van der Waals surface area contributed by atoms with Crippen LogP contribution in [0.4, 0.5) is 0 Å². The van der Waals surface area contributed by atoms with Gasteiger partial charge < -0.3 is 24.5 Å². The van der Waals surface area contributed by atoms with Crippen LogP contribution in [0.3, 0.4) is 0 Å². The van der Waals surface area contributed by atoms with E-state index in [1.165, 1.54) is 4.57 Å². The van der Waals surface area contributed by atoms with Gasteiger partial charge in [-0.15, -0.1) is 0 Å². The molecule has 9 heteroatoms. The molecule has 0 spiro atoms. The predicted molar refractivity (Wildman–Crippen MR) is 126 cm³/mol. The molecule has 0 bridgehead atoms. The number of hydrogen-bond donors (Lipinski definition) is 2. The molecule has 1 aliphatic heterocycles. The number of hydrogen-bond acceptors (Lipinski definition) is 7. The first-order chi connectivity index (χ1) is 16.5. The highest BCUT2D eigenvalue weighted by atomic mass is 16.5.